The van der Waals surface area contributed by atoms with Gasteiger partial charge in [-0.2, -0.15) is 0 Å². The second kappa shape index (κ2) is 7.46. The van der Waals surface area contributed by atoms with Crippen LogP contribution in [0.15, 0.2) is 46.4 Å². The normalized spacial score (nSPS) is 25.5. The number of phenolic OH excluding ortho intramolecular Hbond substituents is 1. The molecule has 164 valence electrons. The van der Waals surface area contributed by atoms with Gasteiger partial charge in [0.05, 0.1) is 11.6 Å². The van der Waals surface area contributed by atoms with E-state index in [0.29, 0.717) is 25.9 Å². The Morgan fingerprint density at radius 2 is 1.74 bits per heavy atom. The van der Waals surface area contributed by atoms with Gasteiger partial charge >= 0.3 is 0 Å². The summed E-state index contributed by atoms with van der Waals surface area (Å²) in [5, 5.41) is 43.2. The molecule has 0 bridgehead atoms. The van der Waals surface area contributed by atoms with Gasteiger partial charge in [0.1, 0.15) is 28.6 Å². The topological polar surface area (TPSA) is 144 Å². The highest BCUT2D eigenvalue weighted by atomic mass is 16.3. The van der Waals surface area contributed by atoms with Gasteiger partial charge in [0.2, 0.25) is 0 Å². The molecule has 1 aromatic carbocycles. The molecular formula is C23H26N2O6. The SMILES string of the molecule is CCN(CC)[C@H]1C(=O)C(C(N)=O)=C(O)C2=C(O)C3=C(O)c4c(O)cccc4C[C@H]3C[C@H]21. The number of nitrogens with zero attached hydrogens (tertiary/aromatic N) is 1. The Morgan fingerprint density at radius 1 is 1.06 bits per heavy atom. The van der Waals surface area contributed by atoms with Crippen LogP contribution in [0, 0.1) is 11.8 Å². The maximum absolute atomic E-state index is 13.2. The van der Waals surface area contributed by atoms with Crippen molar-refractivity contribution in [3.8, 4) is 5.75 Å². The summed E-state index contributed by atoms with van der Waals surface area (Å²) in [5.41, 5.74) is 6.09. The summed E-state index contributed by atoms with van der Waals surface area (Å²) in [4.78, 5) is 27.1. The maximum atomic E-state index is 13.2. The molecule has 0 aromatic heterocycles. The second-order valence-corrected chi connectivity index (χ2v) is 8.20. The van der Waals surface area contributed by atoms with Crippen molar-refractivity contribution in [2.75, 3.05) is 13.1 Å². The molecule has 3 atom stereocenters. The first-order chi connectivity index (χ1) is 14.7. The first-order valence-corrected chi connectivity index (χ1v) is 10.4. The van der Waals surface area contributed by atoms with Crippen LogP contribution < -0.4 is 5.73 Å². The Hall–Kier alpha value is -3.26. The molecular weight excluding hydrogens is 400 g/mol. The Balaban J connectivity index is 2.00. The first kappa shape index (κ1) is 21.0. The minimum atomic E-state index is -1.06. The Labute approximate surface area is 179 Å². The van der Waals surface area contributed by atoms with Crippen LogP contribution in [0.25, 0.3) is 5.76 Å². The zero-order valence-corrected chi connectivity index (χ0v) is 17.4. The Morgan fingerprint density at radius 3 is 2.35 bits per heavy atom. The number of rotatable bonds is 4. The molecule has 8 heteroatoms. The van der Waals surface area contributed by atoms with E-state index >= 15 is 0 Å². The number of phenols is 1. The predicted molar refractivity (Wildman–Crippen MR) is 113 cm³/mol. The molecule has 0 fully saturated rings. The van der Waals surface area contributed by atoms with Crippen LogP contribution in [0.2, 0.25) is 0 Å². The van der Waals surface area contributed by atoms with Crippen LogP contribution in [0.3, 0.4) is 0 Å². The maximum Gasteiger partial charge on any atom is 0.256 e. The number of fused-ring (bicyclic) bond motifs is 3. The van der Waals surface area contributed by atoms with Crippen LogP contribution >= 0.6 is 0 Å². The van der Waals surface area contributed by atoms with Gasteiger partial charge in [-0.05, 0) is 43.5 Å². The zero-order chi connectivity index (χ0) is 22.6. The number of carbonyl (C=O) groups excluding carboxylic acids is 2. The minimum Gasteiger partial charge on any atom is -0.507 e. The molecule has 0 aliphatic heterocycles. The first-order valence-electron chi connectivity index (χ1n) is 10.4. The second-order valence-electron chi connectivity index (χ2n) is 8.20. The highest BCUT2D eigenvalue weighted by Crippen LogP contribution is 2.51. The number of benzene rings is 1. The van der Waals surface area contributed by atoms with Gasteiger partial charge in [-0.25, -0.2) is 0 Å². The lowest BCUT2D eigenvalue weighted by molar-refractivity contribution is -0.126. The molecule has 8 nitrogen and oxygen atoms in total. The standard InChI is InChI=1S/C23H26N2O6/c1-3-25(4-2)18-12-9-11-8-10-6-5-7-13(26)14(10)19(27)15(11)20(28)16(12)21(29)17(22(18)30)23(24)31/h5-7,11-12,18,26-29H,3-4,8-9H2,1-2H3,(H2,24,31)/t11-,12+,18+/m0/s1. The largest absolute Gasteiger partial charge is 0.507 e. The number of aliphatic hydroxyl groups excluding tert-OH is 3. The molecule has 0 radical (unpaired) electrons. The summed E-state index contributed by atoms with van der Waals surface area (Å²) in [6.07, 6.45) is 0.820. The molecule has 1 aromatic rings. The van der Waals surface area contributed by atoms with E-state index in [9.17, 15) is 30.0 Å². The lowest BCUT2D eigenvalue weighted by atomic mass is 9.64. The number of amides is 1. The highest BCUT2D eigenvalue weighted by Gasteiger charge is 2.51. The fourth-order valence-electron chi connectivity index (χ4n) is 5.41. The summed E-state index contributed by atoms with van der Waals surface area (Å²) in [5.74, 6) is -3.89. The van der Waals surface area contributed by atoms with Crippen LogP contribution in [0.4, 0.5) is 0 Å². The van der Waals surface area contributed by atoms with Crippen molar-refractivity contribution >= 4 is 17.4 Å². The lowest BCUT2D eigenvalue weighted by Crippen LogP contribution is -2.53. The third-order valence-electron chi connectivity index (χ3n) is 6.75. The summed E-state index contributed by atoms with van der Waals surface area (Å²) in [6, 6.07) is 4.17. The average molecular weight is 426 g/mol. The quantitative estimate of drug-likeness (QED) is 0.464. The molecule has 3 aliphatic rings. The Bertz CT molecular complexity index is 1080. The third kappa shape index (κ3) is 2.93. The van der Waals surface area contributed by atoms with E-state index < -0.39 is 35.0 Å². The van der Waals surface area contributed by atoms with Crippen LogP contribution in [0.5, 0.6) is 5.75 Å². The molecule has 0 heterocycles. The van der Waals surface area contributed by atoms with E-state index in [1.165, 1.54) is 6.07 Å². The number of hydrogen-bond donors (Lipinski definition) is 5. The zero-order valence-electron chi connectivity index (χ0n) is 17.4. The number of allylic oxidation sites excluding steroid dienone is 2. The van der Waals surface area contributed by atoms with Crippen molar-refractivity contribution in [3.05, 3.63) is 57.6 Å². The minimum absolute atomic E-state index is 0.0435. The van der Waals surface area contributed by atoms with E-state index in [-0.39, 0.29) is 39.9 Å². The number of aliphatic hydroxyl groups is 3. The molecule has 4 rings (SSSR count). The number of likely N-dealkylation sites (N-methyl/N-ethyl adjacent to an activating group) is 1. The van der Waals surface area contributed by atoms with Crippen molar-refractivity contribution in [3.63, 3.8) is 0 Å². The van der Waals surface area contributed by atoms with E-state index in [1.807, 2.05) is 18.7 Å². The number of hydrogen-bond acceptors (Lipinski definition) is 7. The van der Waals surface area contributed by atoms with Crippen molar-refractivity contribution in [2.24, 2.45) is 17.6 Å². The Kier molecular flexibility index (Phi) is 5.05. The van der Waals surface area contributed by atoms with Crippen LogP contribution in [0.1, 0.15) is 31.4 Å². The number of Topliss-reactive ketones (excluding diaryl/α,β-unsaturated/α-hetero) is 1. The number of ketones is 1. The number of aromatic hydroxyl groups is 1. The van der Waals surface area contributed by atoms with Crippen molar-refractivity contribution in [1.82, 2.24) is 4.90 Å². The van der Waals surface area contributed by atoms with E-state index in [4.69, 9.17) is 5.73 Å². The van der Waals surface area contributed by atoms with Gasteiger partial charge in [0.25, 0.3) is 5.91 Å². The van der Waals surface area contributed by atoms with Crippen LogP contribution in [-0.2, 0) is 16.0 Å². The average Bonchev–Trinajstić information content (AvgIpc) is 2.70. The number of carbonyl (C=O) groups is 2. The van der Waals surface area contributed by atoms with Gasteiger partial charge in [-0.1, -0.05) is 26.0 Å². The summed E-state index contributed by atoms with van der Waals surface area (Å²) < 4.78 is 0. The fourth-order valence-corrected chi connectivity index (χ4v) is 5.41. The molecule has 0 saturated heterocycles. The summed E-state index contributed by atoms with van der Waals surface area (Å²) in [7, 11) is 0. The molecule has 3 aliphatic carbocycles. The van der Waals surface area contributed by atoms with Crippen molar-refractivity contribution in [1.29, 1.82) is 0 Å². The van der Waals surface area contributed by atoms with E-state index in [1.54, 1.807) is 12.1 Å². The highest BCUT2D eigenvalue weighted by molar-refractivity contribution is 6.22. The van der Waals surface area contributed by atoms with Gasteiger partial charge in [-0.3, -0.25) is 14.5 Å². The van der Waals surface area contributed by atoms with E-state index in [2.05, 4.69) is 0 Å². The summed E-state index contributed by atoms with van der Waals surface area (Å²) in [6.45, 7) is 4.84. The lowest BCUT2D eigenvalue weighted by Gasteiger charge is -2.44. The van der Waals surface area contributed by atoms with Crippen molar-refractivity contribution < 1.29 is 30.0 Å². The molecule has 0 saturated carbocycles. The predicted octanol–water partition coefficient (Wildman–Crippen LogP) is 2.26. The van der Waals surface area contributed by atoms with E-state index in [0.717, 1.165) is 5.56 Å². The molecule has 1 amide bonds. The van der Waals surface area contributed by atoms with Gasteiger partial charge in [0.15, 0.2) is 5.78 Å². The number of nitrogens with two attached hydrogens (primary N) is 1. The summed E-state index contributed by atoms with van der Waals surface area (Å²) >= 11 is 0. The van der Waals surface area contributed by atoms with Crippen LogP contribution in [-0.4, -0.2) is 56.1 Å². The fraction of sp³-hybridized carbons (Fsp3) is 0.391. The molecule has 0 unspecified atom stereocenters. The monoisotopic (exact) mass is 426 g/mol. The molecule has 6 N–H and O–H groups in total. The molecule has 31 heavy (non-hydrogen) atoms. The van der Waals surface area contributed by atoms with Crippen molar-refractivity contribution in [2.45, 2.75) is 32.7 Å². The molecule has 0 spiro atoms. The smallest absolute Gasteiger partial charge is 0.256 e. The van der Waals surface area contributed by atoms with Gasteiger partial charge in [-0.15, -0.1) is 0 Å². The number of primary amides is 1. The third-order valence-corrected chi connectivity index (χ3v) is 6.75. The van der Waals surface area contributed by atoms with Gasteiger partial charge < -0.3 is 26.2 Å². The van der Waals surface area contributed by atoms with Gasteiger partial charge in [0, 0.05) is 17.1 Å².